The van der Waals surface area contributed by atoms with Crippen LogP contribution in [0.1, 0.15) is 18.6 Å². The zero-order valence-corrected chi connectivity index (χ0v) is 12.5. The lowest BCUT2D eigenvalue weighted by atomic mass is 10.1. The molecule has 106 valence electrons. The van der Waals surface area contributed by atoms with E-state index in [9.17, 15) is 13.5 Å². The molecule has 3 nitrogen and oxygen atoms in total. The molecule has 2 atom stereocenters. The van der Waals surface area contributed by atoms with E-state index in [0.717, 1.165) is 0 Å². The molecule has 2 rings (SSSR count). The number of benzene rings is 2. The molecule has 0 bridgehead atoms. The third-order valence-corrected chi connectivity index (χ3v) is 5.64. The van der Waals surface area contributed by atoms with Gasteiger partial charge in [-0.15, -0.1) is 0 Å². The second-order valence-corrected chi connectivity index (χ2v) is 7.30. The second-order valence-electron chi connectivity index (χ2n) is 4.56. The molecule has 0 amide bonds. The number of aliphatic hydroxyl groups is 1. The van der Waals surface area contributed by atoms with Crippen LogP contribution < -0.4 is 0 Å². The average molecular weight is 311 g/mol. The molecule has 1 N–H and O–H groups in total. The van der Waals surface area contributed by atoms with E-state index >= 15 is 0 Å². The number of sulfone groups is 1. The number of halogens is 1. The van der Waals surface area contributed by atoms with Crippen LogP contribution in [-0.2, 0) is 9.84 Å². The van der Waals surface area contributed by atoms with Gasteiger partial charge in [0.1, 0.15) is 0 Å². The molecular weight excluding hydrogens is 296 g/mol. The van der Waals surface area contributed by atoms with Gasteiger partial charge in [-0.1, -0.05) is 41.9 Å². The minimum atomic E-state index is -3.61. The van der Waals surface area contributed by atoms with E-state index in [1.54, 1.807) is 24.3 Å². The van der Waals surface area contributed by atoms with Crippen LogP contribution in [0, 0.1) is 0 Å². The first-order valence-corrected chi connectivity index (χ1v) is 8.08. The van der Waals surface area contributed by atoms with E-state index < -0.39 is 21.2 Å². The molecule has 2 unspecified atom stereocenters. The van der Waals surface area contributed by atoms with Crippen LogP contribution in [0.15, 0.2) is 59.5 Å². The SMILES string of the molecule is CC(C(O)c1ccccc1)S(=O)(=O)c1ccc(Cl)cc1. The topological polar surface area (TPSA) is 54.4 Å². The summed E-state index contributed by atoms with van der Waals surface area (Å²) in [6.07, 6.45) is -1.07. The molecule has 0 saturated heterocycles. The molecule has 0 aromatic heterocycles. The van der Waals surface area contributed by atoms with E-state index in [1.165, 1.54) is 31.2 Å². The Morgan fingerprint density at radius 3 is 2.10 bits per heavy atom. The van der Waals surface area contributed by atoms with Crippen LogP contribution in [0.4, 0.5) is 0 Å². The third kappa shape index (κ3) is 3.03. The molecule has 0 aliphatic rings. The van der Waals surface area contributed by atoms with E-state index in [2.05, 4.69) is 0 Å². The number of aliphatic hydroxyl groups excluding tert-OH is 1. The fourth-order valence-electron chi connectivity index (χ4n) is 1.93. The van der Waals surface area contributed by atoms with Crippen LogP contribution >= 0.6 is 11.6 Å². The van der Waals surface area contributed by atoms with E-state index in [0.29, 0.717) is 10.6 Å². The molecule has 0 aliphatic carbocycles. The summed E-state index contributed by atoms with van der Waals surface area (Å²) in [5.74, 6) is 0. The molecule has 2 aromatic carbocycles. The molecule has 2 aromatic rings. The van der Waals surface area contributed by atoms with E-state index in [1.807, 2.05) is 6.07 Å². The van der Waals surface area contributed by atoms with Crippen LogP contribution in [-0.4, -0.2) is 18.8 Å². The van der Waals surface area contributed by atoms with Gasteiger partial charge in [0, 0.05) is 5.02 Å². The highest BCUT2D eigenvalue weighted by atomic mass is 35.5. The highest BCUT2D eigenvalue weighted by Gasteiger charge is 2.30. The Balaban J connectivity index is 2.32. The summed E-state index contributed by atoms with van der Waals surface area (Å²) >= 11 is 5.76. The van der Waals surface area contributed by atoms with Gasteiger partial charge in [-0.05, 0) is 36.8 Å². The Morgan fingerprint density at radius 1 is 1.00 bits per heavy atom. The van der Waals surface area contributed by atoms with Crippen LogP contribution in [0.25, 0.3) is 0 Å². The molecule has 0 spiro atoms. The number of hydrogen-bond acceptors (Lipinski definition) is 3. The molecule has 20 heavy (non-hydrogen) atoms. The summed E-state index contributed by atoms with van der Waals surface area (Å²) in [6.45, 7) is 1.50. The Morgan fingerprint density at radius 2 is 1.55 bits per heavy atom. The molecule has 0 fully saturated rings. The number of rotatable bonds is 4. The zero-order valence-electron chi connectivity index (χ0n) is 10.9. The summed E-state index contributed by atoms with van der Waals surface area (Å²) in [5, 5.41) is 9.77. The van der Waals surface area contributed by atoms with Gasteiger partial charge in [0.25, 0.3) is 0 Å². The van der Waals surface area contributed by atoms with Crippen LogP contribution in [0.2, 0.25) is 5.02 Å². The van der Waals surface area contributed by atoms with Crippen LogP contribution in [0.5, 0.6) is 0 Å². The minimum Gasteiger partial charge on any atom is -0.387 e. The fourth-order valence-corrected chi connectivity index (χ4v) is 3.50. The summed E-state index contributed by atoms with van der Waals surface area (Å²) in [4.78, 5) is 0.157. The van der Waals surface area contributed by atoms with Crippen molar-refractivity contribution in [2.45, 2.75) is 23.2 Å². The Bertz CT molecular complexity index is 666. The van der Waals surface area contributed by atoms with Crippen molar-refractivity contribution < 1.29 is 13.5 Å². The van der Waals surface area contributed by atoms with E-state index in [4.69, 9.17) is 11.6 Å². The summed E-state index contributed by atoms with van der Waals surface area (Å²) < 4.78 is 24.9. The van der Waals surface area contributed by atoms with Gasteiger partial charge in [-0.25, -0.2) is 8.42 Å². The van der Waals surface area contributed by atoms with Crippen molar-refractivity contribution in [1.82, 2.24) is 0 Å². The summed E-state index contributed by atoms with van der Waals surface area (Å²) in [6, 6.07) is 14.7. The maximum Gasteiger partial charge on any atom is 0.183 e. The molecule has 0 radical (unpaired) electrons. The lowest BCUT2D eigenvalue weighted by Crippen LogP contribution is -2.25. The molecule has 0 aliphatic heterocycles. The van der Waals surface area contributed by atoms with Gasteiger partial charge in [0.15, 0.2) is 9.84 Å². The smallest absolute Gasteiger partial charge is 0.183 e. The summed E-state index contributed by atoms with van der Waals surface area (Å²) in [5.41, 5.74) is 0.581. The lowest BCUT2D eigenvalue weighted by molar-refractivity contribution is 0.176. The van der Waals surface area contributed by atoms with Crippen LogP contribution in [0.3, 0.4) is 0 Å². The maximum absolute atomic E-state index is 12.5. The fraction of sp³-hybridized carbons (Fsp3) is 0.200. The molecular formula is C15H15ClO3S. The van der Waals surface area contributed by atoms with Gasteiger partial charge >= 0.3 is 0 Å². The quantitative estimate of drug-likeness (QED) is 0.943. The van der Waals surface area contributed by atoms with Gasteiger partial charge in [0.05, 0.1) is 16.2 Å². The first-order valence-electron chi connectivity index (χ1n) is 6.15. The lowest BCUT2D eigenvalue weighted by Gasteiger charge is -2.19. The first kappa shape index (κ1) is 15.0. The maximum atomic E-state index is 12.5. The average Bonchev–Trinajstić information content (AvgIpc) is 2.47. The van der Waals surface area contributed by atoms with Crippen molar-refractivity contribution in [2.24, 2.45) is 0 Å². The monoisotopic (exact) mass is 310 g/mol. The molecule has 5 heteroatoms. The standard InChI is InChI=1S/C15H15ClO3S/c1-11(15(17)12-5-3-2-4-6-12)20(18,19)14-9-7-13(16)8-10-14/h2-11,15,17H,1H3. The van der Waals surface area contributed by atoms with Crippen molar-refractivity contribution >= 4 is 21.4 Å². The van der Waals surface area contributed by atoms with Gasteiger partial charge in [-0.3, -0.25) is 0 Å². The van der Waals surface area contributed by atoms with Crippen molar-refractivity contribution in [3.05, 3.63) is 65.2 Å². The number of hydrogen-bond donors (Lipinski definition) is 1. The van der Waals surface area contributed by atoms with Gasteiger partial charge in [0.2, 0.25) is 0 Å². The van der Waals surface area contributed by atoms with Crippen molar-refractivity contribution in [2.75, 3.05) is 0 Å². The van der Waals surface area contributed by atoms with E-state index in [-0.39, 0.29) is 4.90 Å². The molecule has 0 saturated carbocycles. The van der Waals surface area contributed by atoms with Crippen molar-refractivity contribution in [3.63, 3.8) is 0 Å². The zero-order chi connectivity index (χ0) is 14.8. The van der Waals surface area contributed by atoms with Crippen molar-refractivity contribution in [3.8, 4) is 0 Å². The Hall–Kier alpha value is -1.36. The minimum absolute atomic E-state index is 0.157. The Labute approximate surface area is 123 Å². The van der Waals surface area contributed by atoms with Crippen molar-refractivity contribution in [1.29, 1.82) is 0 Å². The second kappa shape index (κ2) is 5.95. The predicted octanol–water partition coefficient (Wildman–Crippen LogP) is 3.24. The largest absolute Gasteiger partial charge is 0.387 e. The Kier molecular flexibility index (Phi) is 4.48. The third-order valence-electron chi connectivity index (χ3n) is 3.22. The highest BCUT2D eigenvalue weighted by Crippen LogP contribution is 2.27. The first-order chi connectivity index (χ1) is 9.43. The van der Waals surface area contributed by atoms with Gasteiger partial charge < -0.3 is 5.11 Å². The highest BCUT2D eigenvalue weighted by molar-refractivity contribution is 7.92. The summed E-state index contributed by atoms with van der Waals surface area (Å²) in [7, 11) is -3.61. The normalized spacial score (nSPS) is 14.8. The van der Waals surface area contributed by atoms with Gasteiger partial charge in [-0.2, -0.15) is 0 Å². The predicted molar refractivity (Wildman–Crippen MR) is 79.5 cm³/mol. The molecule has 0 heterocycles.